The topological polar surface area (TPSA) is 95.8 Å². The zero-order valence-corrected chi connectivity index (χ0v) is 17.2. The second-order valence-electron chi connectivity index (χ2n) is 7.28. The summed E-state index contributed by atoms with van der Waals surface area (Å²) in [5, 5.41) is 6.37. The molecule has 9 heteroatoms. The predicted octanol–water partition coefficient (Wildman–Crippen LogP) is 2.05. The summed E-state index contributed by atoms with van der Waals surface area (Å²) in [6.45, 7) is 7.78. The van der Waals surface area contributed by atoms with E-state index in [1.54, 1.807) is 25.1 Å². The van der Waals surface area contributed by atoms with Gasteiger partial charge in [0.1, 0.15) is 0 Å². The normalized spacial score (nSPS) is 16.4. The molecule has 2 aromatic rings. The van der Waals surface area contributed by atoms with Gasteiger partial charge in [-0.05, 0) is 30.5 Å². The highest BCUT2D eigenvalue weighted by atomic mass is 32.2. The van der Waals surface area contributed by atoms with Gasteiger partial charge in [0.2, 0.25) is 21.8 Å². The number of nitrogens with zero attached hydrogens (tertiary/aromatic N) is 3. The van der Waals surface area contributed by atoms with Crippen LogP contribution in [-0.4, -0.2) is 61.4 Å². The summed E-state index contributed by atoms with van der Waals surface area (Å²) in [5.41, 5.74) is 1.80. The van der Waals surface area contributed by atoms with Gasteiger partial charge >= 0.3 is 0 Å². The average molecular weight is 407 g/mol. The van der Waals surface area contributed by atoms with Crippen molar-refractivity contribution in [2.75, 3.05) is 38.0 Å². The molecule has 1 amide bonds. The highest BCUT2D eigenvalue weighted by Gasteiger charge is 2.29. The van der Waals surface area contributed by atoms with Crippen LogP contribution in [0.4, 0.5) is 5.88 Å². The van der Waals surface area contributed by atoms with Gasteiger partial charge < -0.3 is 4.52 Å². The van der Waals surface area contributed by atoms with Gasteiger partial charge in [-0.15, -0.1) is 0 Å². The molecule has 0 saturated carbocycles. The van der Waals surface area contributed by atoms with Gasteiger partial charge in [0, 0.05) is 32.2 Å². The second kappa shape index (κ2) is 8.42. The van der Waals surface area contributed by atoms with Crippen LogP contribution in [0.25, 0.3) is 0 Å². The summed E-state index contributed by atoms with van der Waals surface area (Å²) >= 11 is 0. The minimum absolute atomic E-state index is 0.177. The summed E-state index contributed by atoms with van der Waals surface area (Å²) in [6, 6.07) is 8.72. The molecule has 8 nitrogen and oxygen atoms in total. The predicted molar refractivity (Wildman–Crippen MR) is 106 cm³/mol. The van der Waals surface area contributed by atoms with Crippen molar-refractivity contribution in [2.45, 2.75) is 31.6 Å². The molecule has 2 heterocycles. The Balaban J connectivity index is 1.54. The monoisotopic (exact) mass is 406 g/mol. The maximum absolute atomic E-state index is 12.8. The quantitative estimate of drug-likeness (QED) is 0.789. The van der Waals surface area contributed by atoms with Crippen molar-refractivity contribution >= 4 is 21.8 Å². The first-order chi connectivity index (χ1) is 13.3. The smallest absolute Gasteiger partial charge is 0.243 e. The van der Waals surface area contributed by atoms with Crippen LogP contribution in [0.5, 0.6) is 0 Å². The summed E-state index contributed by atoms with van der Waals surface area (Å²) < 4.78 is 32.1. The largest absolute Gasteiger partial charge is 0.338 e. The van der Waals surface area contributed by atoms with E-state index in [0.717, 1.165) is 5.56 Å². The van der Waals surface area contributed by atoms with E-state index < -0.39 is 10.0 Å². The Morgan fingerprint density at radius 1 is 1.18 bits per heavy atom. The number of hydrogen-bond donors (Lipinski definition) is 1. The van der Waals surface area contributed by atoms with Gasteiger partial charge in [0.05, 0.1) is 17.1 Å². The molecular formula is C19H26N4O4S. The van der Waals surface area contributed by atoms with Crippen molar-refractivity contribution in [1.82, 2.24) is 14.4 Å². The Hall–Kier alpha value is -2.23. The lowest BCUT2D eigenvalue weighted by molar-refractivity contribution is -0.117. The number of hydrogen-bond acceptors (Lipinski definition) is 6. The number of rotatable bonds is 6. The van der Waals surface area contributed by atoms with E-state index in [0.29, 0.717) is 48.6 Å². The molecule has 0 spiro atoms. The van der Waals surface area contributed by atoms with E-state index in [2.05, 4.69) is 24.3 Å². The first-order valence-corrected chi connectivity index (χ1v) is 10.8. The lowest BCUT2D eigenvalue weighted by atomic mass is 10.0. The SMILES string of the molecule is Cc1cc(NC(=O)CN2CCN(S(=O)(=O)c3ccc(C(C)C)cc3)CC2)on1. The number of benzene rings is 1. The van der Waals surface area contributed by atoms with Crippen molar-refractivity contribution in [3.63, 3.8) is 0 Å². The van der Waals surface area contributed by atoms with Crippen LogP contribution in [0.3, 0.4) is 0 Å². The Labute approximate surface area is 165 Å². The number of sulfonamides is 1. The molecule has 1 aromatic heterocycles. The molecule has 1 aromatic carbocycles. The Bertz CT molecular complexity index is 914. The first kappa shape index (κ1) is 20.5. The summed E-state index contributed by atoms with van der Waals surface area (Å²) in [4.78, 5) is 14.3. The lowest BCUT2D eigenvalue weighted by Crippen LogP contribution is -2.50. The molecule has 0 atom stereocenters. The van der Waals surface area contributed by atoms with Crippen LogP contribution < -0.4 is 5.32 Å². The second-order valence-corrected chi connectivity index (χ2v) is 9.22. The summed E-state index contributed by atoms with van der Waals surface area (Å²) in [7, 11) is -3.52. The summed E-state index contributed by atoms with van der Waals surface area (Å²) in [6.07, 6.45) is 0. The van der Waals surface area contributed by atoms with Crippen molar-refractivity contribution in [2.24, 2.45) is 0 Å². The van der Waals surface area contributed by atoms with Crippen molar-refractivity contribution in [1.29, 1.82) is 0 Å². The molecular weight excluding hydrogens is 380 g/mol. The van der Waals surface area contributed by atoms with Gasteiger partial charge in [-0.1, -0.05) is 31.1 Å². The number of piperazine rings is 1. The van der Waals surface area contributed by atoms with Gasteiger partial charge in [-0.25, -0.2) is 8.42 Å². The minimum atomic E-state index is -3.52. The van der Waals surface area contributed by atoms with Crippen LogP contribution >= 0.6 is 0 Å². The number of anilines is 1. The standard InChI is InChI=1S/C19H26N4O4S/c1-14(2)16-4-6-17(7-5-16)28(25,26)23-10-8-22(9-11-23)13-18(24)20-19-12-15(3)21-27-19/h4-7,12,14H,8-11,13H2,1-3H3,(H,20,24). The third kappa shape index (κ3) is 4.78. The van der Waals surface area contributed by atoms with E-state index in [-0.39, 0.29) is 12.5 Å². The van der Waals surface area contributed by atoms with Crippen molar-refractivity contribution in [3.05, 3.63) is 41.6 Å². The highest BCUT2D eigenvalue weighted by Crippen LogP contribution is 2.21. The maximum Gasteiger partial charge on any atom is 0.243 e. The summed E-state index contributed by atoms with van der Waals surface area (Å²) in [5.74, 6) is 0.456. The molecule has 1 aliphatic rings. The van der Waals surface area contributed by atoms with Crippen LogP contribution in [0.1, 0.15) is 31.0 Å². The fourth-order valence-corrected chi connectivity index (χ4v) is 4.53. The minimum Gasteiger partial charge on any atom is -0.338 e. The van der Waals surface area contributed by atoms with Crippen LogP contribution in [0.2, 0.25) is 0 Å². The fraction of sp³-hybridized carbons (Fsp3) is 0.474. The molecule has 0 aliphatic carbocycles. The van der Waals surface area contributed by atoms with E-state index >= 15 is 0 Å². The maximum atomic E-state index is 12.8. The Kier molecular flexibility index (Phi) is 6.17. The number of carbonyl (C=O) groups excluding carboxylic acids is 1. The van der Waals surface area contributed by atoms with E-state index in [1.165, 1.54) is 4.31 Å². The van der Waals surface area contributed by atoms with Gasteiger partial charge in [-0.3, -0.25) is 15.0 Å². The first-order valence-electron chi connectivity index (χ1n) is 9.31. The molecule has 1 fully saturated rings. The molecule has 1 aliphatic heterocycles. The molecule has 3 rings (SSSR count). The van der Waals surface area contributed by atoms with Crippen LogP contribution in [0.15, 0.2) is 39.8 Å². The van der Waals surface area contributed by atoms with Gasteiger partial charge in [0.25, 0.3) is 0 Å². The zero-order valence-electron chi connectivity index (χ0n) is 16.4. The highest BCUT2D eigenvalue weighted by molar-refractivity contribution is 7.89. The van der Waals surface area contributed by atoms with E-state index in [9.17, 15) is 13.2 Å². The lowest BCUT2D eigenvalue weighted by Gasteiger charge is -2.33. The molecule has 1 N–H and O–H groups in total. The van der Waals surface area contributed by atoms with Crippen LogP contribution in [-0.2, 0) is 14.8 Å². The Morgan fingerprint density at radius 2 is 1.82 bits per heavy atom. The zero-order chi connectivity index (χ0) is 20.3. The van der Waals surface area contributed by atoms with Gasteiger partial charge in [-0.2, -0.15) is 4.31 Å². The fourth-order valence-electron chi connectivity index (χ4n) is 3.10. The molecule has 0 bridgehead atoms. The molecule has 152 valence electrons. The number of aryl methyl sites for hydroxylation is 1. The number of nitrogens with one attached hydrogen (secondary N) is 1. The molecule has 28 heavy (non-hydrogen) atoms. The van der Waals surface area contributed by atoms with Gasteiger partial charge in [0.15, 0.2) is 0 Å². The van der Waals surface area contributed by atoms with Crippen LogP contribution in [0, 0.1) is 6.92 Å². The number of aromatic nitrogens is 1. The molecule has 0 radical (unpaired) electrons. The average Bonchev–Trinajstić information content (AvgIpc) is 3.06. The Morgan fingerprint density at radius 3 is 2.36 bits per heavy atom. The number of carbonyl (C=O) groups is 1. The molecule has 0 unspecified atom stereocenters. The third-order valence-electron chi connectivity index (χ3n) is 4.77. The van der Waals surface area contributed by atoms with E-state index in [4.69, 9.17) is 4.52 Å². The van der Waals surface area contributed by atoms with E-state index in [1.807, 2.05) is 17.0 Å². The third-order valence-corrected chi connectivity index (χ3v) is 6.69. The molecule has 1 saturated heterocycles. The van der Waals surface area contributed by atoms with Crippen molar-refractivity contribution in [3.8, 4) is 0 Å². The van der Waals surface area contributed by atoms with Crippen molar-refractivity contribution < 1.29 is 17.7 Å². The number of amides is 1.